The van der Waals surface area contributed by atoms with Gasteiger partial charge in [0.2, 0.25) is 5.91 Å². The fourth-order valence-electron chi connectivity index (χ4n) is 4.21. The van der Waals surface area contributed by atoms with Gasteiger partial charge < -0.3 is 10.2 Å². The van der Waals surface area contributed by atoms with Crippen LogP contribution in [-0.4, -0.2) is 41.2 Å². The number of hydrogen-bond acceptors (Lipinski definition) is 4. The summed E-state index contributed by atoms with van der Waals surface area (Å²) < 4.78 is 0. The SMILES string of the molecule is O=C1C=CC2=CN=C(c3ccc(CN4CCCC4)cc3)N3CCC(=C23)N1. The molecule has 5 rings (SSSR count). The van der Waals surface area contributed by atoms with Gasteiger partial charge in [-0.2, -0.15) is 0 Å². The van der Waals surface area contributed by atoms with Crippen LogP contribution in [0.15, 0.2) is 64.6 Å². The minimum atomic E-state index is -0.0579. The smallest absolute Gasteiger partial charge is 0.248 e. The Morgan fingerprint density at radius 1 is 1.04 bits per heavy atom. The van der Waals surface area contributed by atoms with Crippen LogP contribution in [0.5, 0.6) is 0 Å². The Morgan fingerprint density at radius 3 is 2.65 bits per heavy atom. The Hall–Kier alpha value is -2.66. The van der Waals surface area contributed by atoms with Gasteiger partial charge in [-0.3, -0.25) is 9.69 Å². The fraction of sp³-hybridized carbons (Fsp3) is 0.333. The maximum absolute atomic E-state index is 11.8. The molecule has 4 aliphatic heterocycles. The summed E-state index contributed by atoms with van der Waals surface area (Å²) in [5.41, 5.74) is 5.58. The molecule has 1 fully saturated rings. The molecule has 0 spiro atoms. The van der Waals surface area contributed by atoms with E-state index >= 15 is 0 Å². The van der Waals surface area contributed by atoms with Crippen LogP contribution in [0.1, 0.15) is 30.4 Å². The average Bonchev–Trinajstić information content (AvgIpc) is 3.28. The number of nitrogens with one attached hydrogen (secondary N) is 1. The summed E-state index contributed by atoms with van der Waals surface area (Å²) in [6, 6.07) is 8.78. The molecule has 0 saturated carbocycles. The molecule has 0 atom stereocenters. The molecule has 0 aliphatic carbocycles. The normalized spacial score (nSPS) is 22.2. The predicted octanol–water partition coefficient (Wildman–Crippen LogP) is 2.53. The van der Waals surface area contributed by atoms with Crippen molar-refractivity contribution in [2.24, 2.45) is 4.99 Å². The Balaban J connectivity index is 1.42. The molecule has 0 aromatic heterocycles. The molecule has 4 aliphatic rings. The van der Waals surface area contributed by atoms with Gasteiger partial charge in [0.25, 0.3) is 0 Å². The lowest BCUT2D eigenvalue weighted by atomic mass is 10.1. The first-order valence-corrected chi connectivity index (χ1v) is 9.38. The van der Waals surface area contributed by atoms with Gasteiger partial charge >= 0.3 is 0 Å². The molecule has 1 aromatic rings. The van der Waals surface area contributed by atoms with Crippen molar-refractivity contribution >= 4 is 11.7 Å². The van der Waals surface area contributed by atoms with Gasteiger partial charge in [0, 0.05) is 48.6 Å². The highest BCUT2D eigenvalue weighted by molar-refractivity contribution is 6.02. The monoisotopic (exact) mass is 346 g/mol. The van der Waals surface area contributed by atoms with Crippen LogP contribution in [-0.2, 0) is 11.3 Å². The van der Waals surface area contributed by atoms with Crippen molar-refractivity contribution in [3.8, 4) is 0 Å². The molecule has 1 N–H and O–H groups in total. The average molecular weight is 346 g/mol. The quantitative estimate of drug-likeness (QED) is 0.915. The number of amidine groups is 1. The van der Waals surface area contributed by atoms with Crippen molar-refractivity contribution in [2.75, 3.05) is 19.6 Å². The van der Waals surface area contributed by atoms with Gasteiger partial charge in [0.15, 0.2) is 0 Å². The zero-order chi connectivity index (χ0) is 17.5. The molecular formula is C21H22N4O. The highest BCUT2D eigenvalue weighted by Crippen LogP contribution is 2.34. The first kappa shape index (κ1) is 15.6. The molecule has 1 saturated heterocycles. The van der Waals surface area contributed by atoms with E-state index in [2.05, 4.69) is 39.4 Å². The maximum Gasteiger partial charge on any atom is 0.248 e. The van der Waals surface area contributed by atoms with Crippen molar-refractivity contribution < 1.29 is 4.79 Å². The van der Waals surface area contributed by atoms with E-state index in [0.717, 1.165) is 47.9 Å². The van der Waals surface area contributed by atoms with Gasteiger partial charge in [-0.1, -0.05) is 24.3 Å². The van der Waals surface area contributed by atoms with Crippen molar-refractivity contribution in [2.45, 2.75) is 25.8 Å². The summed E-state index contributed by atoms with van der Waals surface area (Å²) in [7, 11) is 0. The summed E-state index contributed by atoms with van der Waals surface area (Å²) in [6.07, 6.45) is 8.79. The number of nitrogens with zero attached hydrogens (tertiary/aromatic N) is 3. The second-order valence-electron chi connectivity index (χ2n) is 7.27. The lowest BCUT2D eigenvalue weighted by Crippen LogP contribution is -2.31. The molecule has 5 heteroatoms. The number of benzene rings is 1. The molecule has 0 unspecified atom stereocenters. The van der Waals surface area contributed by atoms with E-state index in [-0.39, 0.29) is 5.91 Å². The van der Waals surface area contributed by atoms with Crippen molar-refractivity contribution in [1.29, 1.82) is 0 Å². The minimum absolute atomic E-state index is 0.0579. The zero-order valence-corrected chi connectivity index (χ0v) is 14.7. The highest BCUT2D eigenvalue weighted by Gasteiger charge is 2.32. The number of carbonyl (C=O) groups is 1. The largest absolute Gasteiger partial charge is 0.324 e. The van der Waals surface area contributed by atoms with Crippen LogP contribution >= 0.6 is 0 Å². The van der Waals surface area contributed by atoms with Gasteiger partial charge in [-0.05, 0) is 37.6 Å². The fourth-order valence-corrected chi connectivity index (χ4v) is 4.21. The number of allylic oxidation sites excluding steroid dienone is 1. The van der Waals surface area contributed by atoms with Crippen LogP contribution in [0.25, 0.3) is 0 Å². The standard InChI is InChI=1S/C21H22N4O/c26-19-8-7-17-13-22-21(25-12-9-18(23-19)20(17)25)16-5-3-15(4-6-16)14-24-10-1-2-11-24/h3-8,13H,1-2,9-12,14H2,(H,23,26). The number of rotatable bonds is 3. The van der Waals surface area contributed by atoms with Crippen molar-refractivity contribution in [3.05, 3.63) is 70.7 Å². The van der Waals surface area contributed by atoms with Gasteiger partial charge in [-0.25, -0.2) is 4.99 Å². The first-order chi connectivity index (χ1) is 12.8. The third-order valence-corrected chi connectivity index (χ3v) is 5.50. The maximum atomic E-state index is 11.8. The third-order valence-electron chi connectivity index (χ3n) is 5.50. The summed E-state index contributed by atoms with van der Waals surface area (Å²) in [6.45, 7) is 4.31. The Morgan fingerprint density at radius 2 is 1.85 bits per heavy atom. The second kappa shape index (κ2) is 6.25. The summed E-state index contributed by atoms with van der Waals surface area (Å²) >= 11 is 0. The first-order valence-electron chi connectivity index (χ1n) is 9.38. The molecule has 4 heterocycles. The molecule has 132 valence electrons. The van der Waals surface area contributed by atoms with E-state index in [0.29, 0.717) is 0 Å². The van der Waals surface area contributed by atoms with Gasteiger partial charge in [0.05, 0.1) is 5.70 Å². The van der Waals surface area contributed by atoms with Gasteiger partial charge in [0.1, 0.15) is 5.84 Å². The van der Waals surface area contributed by atoms with E-state index in [1.54, 1.807) is 6.08 Å². The minimum Gasteiger partial charge on any atom is -0.324 e. The highest BCUT2D eigenvalue weighted by atomic mass is 16.1. The lowest BCUT2D eigenvalue weighted by Gasteiger charge is -2.27. The summed E-state index contributed by atoms with van der Waals surface area (Å²) in [5, 5.41) is 3.00. The predicted molar refractivity (Wildman–Crippen MR) is 101 cm³/mol. The van der Waals surface area contributed by atoms with E-state index in [9.17, 15) is 4.79 Å². The molecule has 26 heavy (non-hydrogen) atoms. The van der Waals surface area contributed by atoms with Crippen LogP contribution in [0.3, 0.4) is 0 Å². The number of amides is 1. The number of hydrogen-bond donors (Lipinski definition) is 1. The molecule has 1 aromatic carbocycles. The summed E-state index contributed by atoms with van der Waals surface area (Å²) in [4.78, 5) is 21.3. The van der Waals surface area contributed by atoms with Crippen LogP contribution in [0, 0.1) is 0 Å². The molecule has 0 bridgehead atoms. The molecule has 5 nitrogen and oxygen atoms in total. The van der Waals surface area contributed by atoms with Crippen molar-refractivity contribution in [1.82, 2.24) is 15.1 Å². The van der Waals surface area contributed by atoms with Crippen LogP contribution < -0.4 is 5.32 Å². The van der Waals surface area contributed by atoms with E-state index in [1.165, 1.54) is 31.5 Å². The summed E-state index contributed by atoms with van der Waals surface area (Å²) in [5.74, 6) is 0.911. The van der Waals surface area contributed by atoms with Crippen molar-refractivity contribution in [3.63, 3.8) is 0 Å². The number of aliphatic imine (C=N–C) groups is 1. The zero-order valence-electron chi connectivity index (χ0n) is 14.7. The van der Waals surface area contributed by atoms with E-state index in [1.807, 2.05) is 12.3 Å². The Bertz CT molecular complexity index is 870. The molecular weight excluding hydrogens is 324 g/mol. The lowest BCUT2D eigenvalue weighted by molar-refractivity contribution is -0.115. The number of likely N-dealkylation sites (tertiary alicyclic amines) is 1. The molecule has 1 amide bonds. The Kier molecular flexibility index (Phi) is 3.75. The van der Waals surface area contributed by atoms with Crippen LogP contribution in [0.4, 0.5) is 0 Å². The Labute approximate surface area is 153 Å². The third kappa shape index (κ3) is 2.69. The van der Waals surface area contributed by atoms with E-state index < -0.39 is 0 Å². The number of carbonyl (C=O) groups excluding carboxylic acids is 1. The molecule has 0 radical (unpaired) electrons. The van der Waals surface area contributed by atoms with Gasteiger partial charge in [-0.15, -0.1) is 0 Å². The second-order valence-corrected chi connectivity index (χ2v) is 7.27. The topological polar surface area (TPSA) is 47.9 Å². The van der Waals surface area contributed by atoms with Crippen LogP contribution in [0.2, 0.25) is 0 Å². The van der Waals surface area contributed by atoms with E-state index in [4.69, 9.17) is 4.99 Å².